The maximum Gasteiger partial charge on any atom is 0.281 e. The van der Waals surface area contributed by atoms with E-state index in [0.717, 1.165) is 11.3 Å². The van der Waals surface area contributed by atoms with Gasteiger partial charge < -0.3 is 4.74 Å². The number of hydrogen-bond acceptors (Lipinski definition) is 4. The molecule has 0 atom stereocenters. The average molecular weight is 309 g/mol. The van der Waals surface area contributed by atoms with Crippen LogP contribution in [0.5, 0.6) is 5.75 Å². The van der Waals surface area contributed by atoms with Gasteiger partial charge in [-0.25, -0.2) is 5.43 Å². The van der Waals surface area contributed by atoms with Crippen molar-refractivity contribution >= 4 is 35.1 Å². The van der Waals surface area contributed by atoms with Crippen molar-refractivity contribution < 1.29 is 9.53 Å². The maximum absolute atomic E-state index is 11.7. The molecule has 104 valence electrons. The second-order valence-corrected chi connectivity index (χ2v) is 5.52. The van der Waals surface area contributed by atoms with E-state index in [1.807, 2.05) is 31.2 Å². The highest BCUT2D eigenvalue weighted by atomic mass is 35.5. The van der Waals surface area contributed by atoms with Gasteiger partial charge in [0, 0.05) is 0 Å². The molecular formula is C14H13ClN2O2S. The molecule has 20 heavy (non-hydrogen) atoms. The first-order valence-electron chi connectivity index (χ1n) is 6.00. The van der Waals surface area contributed by atoms with E-state index in [4.69, 9.17) is 16.3 Å². The van der Waals surface area contributed by atoms with E-state index >= 15 is 0 Å². The molecule has 0 saturated heterocycles. The van der Waals surface area contributed by atoms with E-state index in [2.05, 4.69) is 10.5 Å². The molecule has 0 bridgehead atoms. The fraction of sp³-hybridized carbons (Fsp3) is 0.143. The van der Waals surface area contributed by atoms with Crippen LogP contribution in [0.15, 0.2) is 41.5 Å². The first kappa shape index (κ1) is 14.6. The lowest BCUT2D eigenvalue weighted by molar-refractivity contribution is 0.0959. The Morgan fingerprint density at radius 3 is 2.70 bits per heavy atom. The number of hydrazone groups is 1. The molecule has 1 aromatic heterocycles. The predicted molar refractivity (Wildman–Crippen MR) is 82.0 cm³/mol. The third-order valence-electron chi connectivity index (χ3n) is 2.37. The topological polar surface area (TPSA) is 50.7 Å². The maximum atomic E-state index is 11.7. The molecule has 2 aromatic rings. The van der Waals surface area contributed by atoms with Gasteiger partial charge in [0.1, 0.15) is 5.75 Å². The zero-order valence-corrected chi connectivity index (χ0v) is 12.4. The van der Waals surface area contributed by atoms with Crippen LogP contribution >= 0.6 is 22.9 Å². The number of rotatable bonds is 5. The molecule has 0 radical (unpaired) electrons. The Labute approximate surface area is 126 Å². The summed E-state index contributed by atoms with van der Waals surface area (Å²) in [4.78, 5) is 12.2. The number of nitrogens with zero attached hydrogens (tertiary/aromatic N) is 1. The molecule has 6 heteroatoms. The molecule has 0 saturated carbocycles. The predicted octanol–water partition coefficient (Wildman–Crippen LogP) is 3.56. The summed E-state index contributed by atoms with van der Waals surface area (Å²) in [7, 11) is 0. The highest BCUT2D eigenvalue weighted by Gasteiger charge is 2.06. The van der Waals surface area contributed by atoms with Crippen LogP contribution in [0.3, 0.4) is 0 Å². The van der Waals surface area contributed by atoms with E-state index in [0.29, 0.717) is 15.8 Å². The van der Waals surface area contributed by atoms with Crippen LogP contribution < -0.4 is 10.2 Å². The molecule has 1 N–H and O–H groups in total. The van der Waals surface area contributed by atoms with Gasteiger partial charge in [-0.05, 0) is 48.9 Å². The van der Waals surface area contributed by atoms with Crippen molar-refractivity contribution in [1.29, 1.82) is 0 Å². The van der Waals surface area contributed by atoms with Gasteiger partial charge in [-0.3, -0.25) is 4.79 Å². The molecule has 1 aromatic carbocycles. The van der Waals surface area contributed by atoms with E-state index in [-0.39, 0.29) is 5.91 Å². The molecule has 0 aliphatic carbocycles. The molecule has 0 spiro atoms. The van der Waals surface area contributed by atoms with Crippen molar-refractivity contribution in [1.82, 2.24) is 5.43 Å². The number of amides is 1. The summed E-state index contributed by atoms with van der Waals surface area (Å²) in [6.07, 6.45) is 1.57. The number of thiophene rings is 1. The third kappa shape index (κ3) is 4.08. The van der Waals surface area contributed by atoms with Gasteiger partial charge in [0.05, 0.1) is 22.0 Å². The monoisotopic (exact) mass is 308 g/mol. The zero-order chi connectivity index (χ0) is 14.4. The molecule has 0 aliphatic rings. The fourth-order valence-corrected chi connectivity index (χ4v) is 2.41. The van der Waals surface area contributed by atoms with Crippen LogP contribution in [0.4, 0.5) is 0 Å². The number of carbonyl (C=O) groups is 1. The molecule has 0 aliphatic heterocycles. The molecule has 2 rings (SSSR count). The number of benzene rings is 1. The zero-order valence-electron chi connectivity index (χ0n) is 10.8. The van der Waals surface area contributed by atoms with Crippen molar-refractivity contribution in [3.8, 4) is 5.75 Å². The minimum absolute atomic E-state index is 0.274. The Hall–Kier alpha value is -1.85. The van der Waals surface area contributed by atoms with E-state index in [1.165, 1.54) is 11.3 Å². The lowest BCUT2D eigenvalue weighted by atomic mass is 10.2. The van der Waals surface area contributed by atoms with Gasteiger partial charge in [0.2, 0.25) is 0 Å². The summed E-state index contributed by atoms with van der Waals surface area (Å²) in [5, 5.41) is 3.90. The third-order valence-corrected chi connectivity index (χ3v) is 3.60. The Bertz CT molecular complexity index is 608. The second-order valence-electron chi connectivity index (χ2n) is 3.80. The van der Waals surface area contributed by atoms with Crippen LogP contribution in [0.25, 0.3) is 0 Å². The highest BCUT2D eigenvalue weighted by molar-refractivity contribution is 7.17. The minimum Gasteiger partial charge on any atom is -0.494 e. The molecule has 0 unspecified atom stereocenters. The van der Waals surface area contributed by atoms with Crippen LogP contribution in [0.1, 0.15) is 22.2 Å². The van der Waals surface area contributed by atoms with Crippen molar-refractivity contribution in [3.05, 3.63) is 51.2 Å². The lowest BCUT2D eigenvalue weighted by Crippen LogP contribution is -2.16. The van der Waals surface area contributed by atoms with E-state index in [9.17, 15) is 4.79 Å². The quantitative estimate of drug-likeness (QED) is 0.678. The van der Waals surface area contributed by atoms with Crippen molar-refractivity contribution in [2.75, 3.05) is 6.61 Å². The molecule has 4 nitrogen and oxygen atoms in total. The molecule has 0 fully saturated rings. The number of carbonyl (C=O) groups excluding carboxylic acids is 1. The smallest absolute Gasteiger partial charge is 0.281 e. The molecule has 1 amide bonds. The Morgan fingerprint density at radius 1 is 1.35 bits per heavy atom. The number of ether oxygens (including phenoxy) is 1. The summed E-state index contributed by atoms with van der Waals surface area (Å²) in [5.74, 6) is 0.533. The summed E-state index contributed by atoms with van der Waals surface area (Å²) in [5.41, 5.74) is 3.32. The number of halogens is 1. The fourth-order valence-electron chi connectivity index (χ4n) is 1.47. The van der Waals surface area contributed by atoms with Crippen LogP contribution in [0, 0.1) is 0 Å². The van der Waals surface area contributed by atoms with E-state index < -0.39 is 0 Å². The van der Waals surface area contributed by atoms with Crippen molar-refractivity contribution in [2.24, 2.45) is 5.10 Å². The summed E-state index contributed by atoms with van der Waals surface area (Å²) in [6.45, 7) is 2.56. The van der Waals surface area contributed by atoms with Crippen LogP contribution in [0.2, 0.25) is 4.34 Å². The first-order valence-corrected chi connectivity index (χ1v) is 7.20. The minimum atomic E-state index is -0.274. The number of hydrogen-bond donors (Lipinski definition) is 1. The van der Waals surface area contributed by atoms with Gasteiger partial charge in [-0.1, -0.05) is 11.6 Å². The average Bonchev–Trinajstić information content (AvgIpc) is 2.88. The van der Waals surface area contributed by atoms with Gasteiger partial charge in [-0.15, -0.1) is 11.3 Å². The normalized spacial score (nSPS) is 10.7. The Morgan fingerprint density at radius 2 is 2.10 bits per heavy atom. The van der Waals surface area contributed by atoms with Gasteiger partial charge in [0.25, 0.3) is 5.91 Å². The Kier molecular flexibility index (Phi) is 5.15. The summed E-state index contributed by atoms with van der Waals surface area (Å²) in [6, 6.07) is 10.8. The van der Waals surface area contributed by atoms with Crippen molar-refractivity contribution in [3.63, 3.8) is 0 Å². The largest absolute Gasteiger partial charge is 0.494 e. The van der Waals surface area contributed by atoms with Crippen molar-refractivity contribution in [2.45, 2.75) is 6.92 Å². The van der Waals surface area contributed by atoms with Crippen LogP contribution in [-0.2, 0) is 0 Å². The van der Waals surface area contributed by atoms with Gasteiger partial charge in [-0.2, -0.15) is 5.10 Å². The molecule has 1 heterocycles. The summed E-state index contributed by atoms with van der Waals surface area (Å²) < 4.78 is 5.91. The Balaban J connectivity index is 1.91. The lowest BCUT2D eigenvalue weighted by Gasteiger charge is -2.02. The number of nitrogens with one attached hydrogen (secondary N) is 1. The highest BCUT2D eigenvalue weighted by Crippen LogP contribution is 2.21. The standard InChI is InChI=1S/C14H13ClN2O2S/c1-2-19-11-5-3-10(4-6-11)9-16-17-14(18)12-7-8-13(15)20-12/h3-9H,2H2,1H3,(H,17,18)/b16-9+. The van der Waals surface area contributed by atoms with Gasteiger partial charge >= 0.3 is 0 Å². The SMILES string of the molecule is CCOc1ccc(/C=N/NC(=O)c2ccc(Cl)s2)cc1. The van der Waals surface area contributed by atoms with Gasteiger partial charge in [0.15, 0.2) is 0 Å². The van der Waals surface area contributed by atoms with Crippen LogP contribution in [-0.4, -0.2) is 18.7 Å². The van der Waals surface area contributed by atoms with E-state index in [1.54, 1.807) is 18.3 Å². The molecular weight excluding hydrogens is 296 g/mol. The second kappa shape index (κ2) is 7.07. The first-order chi connectivity index (χ1) is 9.69. The summed E-state index contributed by atoms with van der Waals surface area (Å²) >= 11 is 6.98.